The molecule has 2 N–H and O–H groups in total. The standard InChI is InChI=1S/C14H15BrN2O2/c15-10-5-6-12(9(7-10)8-16)17-13-4-2-1-3-11(13)14(18)19/h5-7,11,13,17H,1-4H2,(H,18,19). The molecule has 1 aromatic carbocycles. The minimum absolute atomic E-state index is 0.0977. The number of carbonyl (C=O) groups is 1. The topological polar surface area (TPSA) is 73.1 Å². The summed E-state index contributed by atoms with van der Waals surface area (Å²) in [6.45, 7) is 0. The van der Waals surface area contributed by atoms with Crippen LogP contribution in [0.5, 0.6) is 0 Å². The van der Waals surface area contributed by atoms with Crippen molar-refractivity contribution in [2.75, 3.05) is 5.32 Å². The van der Waals surface area contributed by atoms with Crippen LogP contribution in [0.4, 0.5) is 5.69 Å². The SMILES string of the molecule is N#Cc1cc(Br)ccc1NC1CCCCC1C(=O)O. The van der Waals surface area contributed by atoms with Gasteiger partial charge in [-0.25, -0.2) is 0 Å². The zero-order chi connectivity index (χ0) is 13.8. The second-order valence-corrected chi connectivity index (χ2v) is 5.70. The lowest BCUT2D eigenvalue weighted by Crippen LogP contribution is -2.37. The number of rotatable bonds is 3. The van der Waals surface area contributed by atoms with E-state index in [0.717, 1.165) is 23.7 Å². The van der Waals surface area contributed by atoms with E-state index in [1.807, 2.05) is 12.1 Å². The summed E-state index contributed by atoms with van der Waals surface area (Å²) < 4.78 is 0.841. The van der Waals surface area contributed by atoms with E-state index in [0.29, 0.717) is 17.7 Å². The van der Waals surface area contributed by atoms with Gasteiger partial charge in [0.2, 0.25) is 0 Å². The lowest BCUT2D eigenvalue weighted by Gasteiger charge is -2.30. The molecule has 0 bridgehead atoms. The summed E-state index contributed by atoms with van der Waals surface area (Å²) in [4.78, 5) is 11.3. The number of nitrogens with zero attached hydrogens (tertiary/aromatic N) is 1. The normalized spacial score (nSPS) is 22.5. The van der Waals surface area contributed by atoms with Gasteiger partial charge in [0.05, 0.1) is 17.2 Å². The first-order valence-corrected chi connectivity index (χ1v) is 7.10. The van der Waals surface area contributed by atoms with Crippen LogP contribution in [-0.4, -0.2) is 17.1 Å². The van der Waals surface area contributed by atoms with Crippen molar-refractivity contribution in [1.29, 1.82) is 5.26 Å². The summed E-state index contributed by atoms with van der Waals surface area (Å²) in [5.41, 5.74) is 1.24. The first kappa shape index (κ1) is 13.9. The highest BCUT2D eigenvalue weighted by Crippen LogP contribution is 2.29. The average molecular weight is 323 g/mol. The van der Waals surface area contributed by atoms with E-state index in [-0.39, 0.29) is 12.0 Å². The largest absolute Gasteiger partial charge is 0.481 e. The molecular weight excluding hydrogens is 308 g/mol. The smallest absolute Gasteiger partial charge is 0.308 e. The van der Waals surface area contributed by atoms with Crippen molar-refractivity contribution in [3.8, 4) is 6.07 Å². The Morgan fingerprint density at radius 2 is 2.16 bits per heavy atom. The molecule has 5 heteroatoms. The number of carboxylic acids is 1. The van der Waals surface area contributed by atoms with Crippen molar-refractivity contribution in [1.82, 2.24) is 0 Å². The highest BCUT2D eigenvalue weighted by molar-refractivity contribution is 9.10. The number of nitrogens with one attached hydrogen (secondary N) is 1. The van der Waals surface area contributed by atoms with Crippen LogP contribution in [0.2, 0.25) is 0 Å². The molecule has 2 rings (SSSR count). The van der Waals surface area contributed by atoms with Crippen molar-refractivity contribution in [3.05, 3.63) is 28.2 Å². The quantitative estimate of drug-likeness (QED) is 0.894. The Bertz CT molecular complexity index is 525. The molecule has 4 nitrogen and oxygen atoms in total. The van der Waals surface area contributed by atoms with Gasteiger partial charge in [0, 0.05) is 10.5 Å². The summed E-state index contributed by atoms with van der Waals surface area (Å²) in [6, 6.07) is 7.43. The fourth-order valence-corrected chi connectivity index (χ4v) is 2.89. The fourth-order valence-electron chi connectivity index (χ4n) is 2.53. The number of hydrogen-bond acceptors (Lipinski definition) is 3. The molecule has 0 heterocycles. The molecule has 1 fully saturated rings. The second kappa shape index (κ2) is 6.07. The van der Waals surface area contributed by atoms with Gasteiger partial charge >= 0.3 is 5.97 Å². The summed E-state index contributed by atoms with van der Waals surface area (Å²) in [7, 11) is 0. The molecule has 1 aliphatic rings. The third-order valence-electron chi connectivity index (χ3n) is 3.53. The van der Waals surface area contributed by atoms with Crippen LogP contribution in [0.15, 0.2) is 22.7 Å². The van der Waals surface area contributed by atoms with Gasteiger partial charge in [-0.1, -0.05) is 28.8 Å². The highest BCUT2D eigenvalue weighted by atomic mass is 79.9. The third-order valence-corrected chi connectivity index (χ3v) is 4.02. The predicted octanol–water partition coefficient (Wildman–Crippen LogP) is 3.38. The van der Waals surface area contributed by atoms with E-state index in [1.165, 1.54) is 0 Å². The summed E-state index contributed by atoms with van der Waals surface area (Å²) in [6.07, 6.45) is 3.52. The summed E-state index contributed by atoms with van der Waals surface area (Å²) in [5.74, 6) is -1.13. The van der Waals surface area contributed by atoms with E-state index in [1.54, 1.807) is 6.07 Å². The van der Waals surface area contributed by atoms with E-state index >= 15 is 0 Å². The van der Waals surface area contributed by atoms with Crippen molar-refractivity contribution in [3.63, 3.8) is 0 Å². The van der Waals surface area contributed by atoms with Crippen LogP contribution < -0.4 is 5.32 Å². The molecule has 0 aromatic heterocycles. The maximum atomic E-state index is 11.3. The van der Waals surface area contributed by atoms with Gasteiger partial charge in [-0.3, -0.25) is 4.79 Å². The fraction of sp³-hybridized carbons (Fsp3) is 0.429. The maximum Gasteiger partial charge on any atom is 0.308 e. The van der Waals surface area contributed by atoms with Gasteiger partial charge in [-0.2, -0.15) is 5.26 Å². The molecule has 0 aliphatic heterocycles. The number of carboxylic acid groups (broad SMARTS) is 1. The van der Waals surface area contributed by atoms with Crippen molar-refractivity contribution in [2.24, 2.45) is 5.92 Å². The Kier molecular flexibility index (Phi) is 4.43. The van der Waals surface area contributed by atoms with Crippen LogP contribution in [0.25, 0.3) is 0 Å². The summed E-state index contributed by atoms with van der Waals surface area (Å²) >= 11 is 3.32. The second-order valence-electron chi connectivity index (χ2n) is 4.78. The number of nitriles is 1. The molecule has 0 radical (unpaired) electrons. The molecule has 0 spiro atoms. The Hall–Kier alpha value is -1.54. The van der Waals surface area contributed by atoms with Gasteiger partial charge in [-0.15, -0.1) is 0 Å². The Morgan fingerprint density at radius 1 is 1.42 bits per heavy atom. The maximum absolute atomic E-state index is 11.3. The molecule has 100 valence electrons. The molecule has 19 heavy (non-hydrogen) atoms. The van der Waals surface area contributed by atoms with E-state index in [2.05, 4.69) is 27.3 Å². The monoisotopic (exact) mass is 322 g/mol. The first-order chi connectivity index (χ1) is 9.11. The Labute approximate surface area is 120 Å². The van der Waals surface area contributed by atoms with Crippen molar-refractivity contribution >= 4 is 27.6 Å². The predicted molar refractivity (Wildman–Crippen MR) is 75.9 cm³/mol. The third kappa shape index (κ3) is 3.27. The Morgan fingerprint density at radius 3 is 2.84 bits per heavy atom. The van der Waals surface area contributed by atoms with Crippen molar-refractivity contribution < 1.29 is 9.90 Å². The summed E-state index contributed by atoms with van der Waals surface area (Å²) in [5, 5.41) is 21.6. The van der Waals surface area contributed by atoms with Crippen LogP contribution in [0.1, 0.15) is 31.2 Å². The first-order valence-electron chi connectivity index (χ1n) is 6.31. The number of anilines is 1. The molecule has 0 amide bonds. The molecular formula is C14H15BrN2O2. The van der Waals surface area contributed by atoms with E-state index in [4.69, 9.17) is 5.26 Å². The van der Waals surface area contributed by atoms with Gasteiger partial charge < -0.3 is 10.4 Å². The minimum atomic E-state index is -0.757. The highest BCUT2D eigenvalue weighted by Gasteiger charge is 2.30. The van der Waals surface area contributed by atoms with Gasteiger partial charge in [0.25, 0.3) is 0 Å². The number of halogens is 1. The van der Waals surface area contributed by atoms with E-state index < -0.39 is 5.97 Å². The molecule has 2 atom stereocenters. The lowest BCUT2D eigenvalue weighted by molar-refractivity contribution is -0.143. The van der Waals surface area contributed by atoms with Gasteiger partial charge in [-0.05, 0) is 31.0 Å². The number of benzene rings is 1. The van der Waals surface area contributed by atoms with Crippen LogP contribution in [0.3, 0.4) is 0 Å². The van der Waals surface area contributed by atoms with Crippen LogP contribution >= 0.6 is 15.9 Å². The molecule has 1 saturated carbocycles. The zero-order valence-electron chi connectivity index (χ0n) is 10.4. The van der Waals surface area contributed by atoms with Gasteiger partial charge in [0.1, 0.15) is 6.07 Å². The van der Waals surface area contributed by atoms with E-state index in [9.17, 15) is 9.90 Å². The van der Waals surface area contributed by atoms with Crippen LogP contribution in [0, 0.1) is 17.2 Å². The number of hydrogen-bond donors (Lipinski definition) is 2. The average Bonchev–Trinajstić information content (AvgIpc) is 2.41. The molecule has 1 aliphatic carbocycles. The zero-order valence-corrected chi connectivity index (χ0v) is 12.0. The lowest BCUT2D eigenvalue weighted by atomic mass is 9.84. The number of aliphatic carboxylic acids is 1. The Balaban J connectivity index is 2.20. The minimum Gasteiger partial charge on any atom is -0.481 e. The van der Waals surface area contributed by atoms with Crippen LogP contribution in [-0.2, 0) is 4.79 Å². The molecule has 1 aromatic rings. The molecule has 0 saturated heterocycles. The van der Waals surface area contributed by atoms with Gasteiger partial charge in [0.15, 0.2) is 0 Å². The molecule has 2 unspecified atom stereocenters. The van der Waals surface area contributed by atoms with Crippen molar-refractivity contribution in [2.45, 2.75) is 31.7 Å².